The molecule has 4 heterocycles. The Morgan fingerprint density at radius 1 is 1.12 bits per heavy atom. The molecule has 40 heavy (non-hydrogen) atoms. The van der Waals surface area contributed by atoms with E-state index < -0.39 is 11.4 Å². The number of carbonyl (C=O) groups excluding carboxylic acids is 1. The van der Waals surface area contributed by atoms with Crippen molar-refractivity contribution in [2.75, 3.05) is 38.3 Å². The molecule has 2 aromatic carbocycles. The first kappa shape index (κ1) is 26.0. The molecule has 0 saturated carbocycles. The quantitative estimate of drug-likeness (QED) is 0.326. The average molecular weight is 546 g/mol. The topological polar surface area (TPSA) is 89.9 Å². The van der Waals surface area contributed by atoms with Crippen molar-refractivity contribution in [1.29, 1.82) is 0 Å². The molecule has 9 nitrogen and oxygen atoms in total. The van der Waals surface area contributed by atoms with Crippen molar-refractivity contribution < 1.29 is 23.4 Å². The monoisotopic (exact) mass is 545 g/mol. The number of piperazine rings is 1. The highest BCUT2D eigenvalue weighted by atomic mass is 19.1. The first-order valence-corrected chi connectivity index (χ1v) is 13.4. The summed E-state index contributed by atoms with van der Waals surface area (Å²) in [5, 5.41) is 2.15. The second-order valence-corrected chi connectivity index (χ2v) is 11.2. The molecule has 0 spiro atoms. The van der Waals surface area contributed by atoms with Gasteiger partial charge in [-0.3, -0.25) is 0 Å². The fourth-order valence-electron chi connectivity index (χ4n) is 5.70. The Bertz CT molecular complexity index is 1640. The average Bonchev–Trinajstić information content (AvgIpc) is 2.92. The molecular formula is C30H32FN5O4. The Morgan fingerprint density at radius 2 is 1.95 bits per heavy atom. The summed E-state index contributed by atoms with van der Waals surface area (Å²) < 4.78 is 34.0. The van der Waals surface area contributed by atoms with E-state index in [-0.39, 0.29) is 17.7 Å². The van der Waals surface area contributed by atoms with Crippen molar-refractivity contribution >= 4 is 33.6 Å². The van der Waals surface area contributed by atoms with E-state index in [2.05, 4.69) is 19.9 Å². The van der Waals surface area contributed by atoms with Crippen molar-refractivity contribution in [3.63, 3.8) is 0 Å². The summed E-state index contributed by atoms with van der Waals surface area (Å²) in [6.07, 6.45) is 3.39. The molecule has 2 aliphatic rings. The summed E-state index contributed by atoms with van der Waals surface area (Å²) in [5.74, 6) is 1.09. The molecule has 2 aliphatic heterocycles. The van der Waals surface area contributed by atoms with Crippen LogP contribution in [0.5, 0.6) is 11.6 Å². The number of methoxy groups -OCH3 is 1. The van der Waals surface area contributed by atoms with E-state index >= 15 is 4.39 Å². The zero-order valence-corrected chi connectivity index (χ0v) is 23.3. The fourth-order valence-corrected chi connectivity index (χ4v) is 5.70. The van der Waals surface area contributed by atoms with E-state index in [1.54, 1.807) is 24.3 Å². The fraction of sp³-hybridized carbons (Fsp3) is 0.400. The van der Waals surface area contributed by atoms with Gasteiger partial charge < -0.3 is 24.0 Å². The van der Waals surface area contributed by atoms with Gasteiger partial charge in [-0.2, -0.15) is 0 Å². The largest absolute Gasteiger partial charge is 0.493 e. The van der Waals surface area contributed by atoms with Crippen LogP contribution in [0, 0.1) is 12.7 Å². The molecule has 0 N–H and O–H groups in total. The number of anilines is 1. The predicted molar refractivity (Wildman–Crippen MR) is 151 cm³/mol. The molecule has 0 bridgehead atoms. The van der Waals surface area contributed by atoms with Gasteiger partial charge in [-0.15, -0.1) is 0 Å². The first-order valence-electron chi connectivity index (χ1n) is 13.4. The standard InChI is InChI=1S/C30H32FN5O4/c1-17-6-7-18-8-10-32-28(38-5)23(18)22(17)20-14-21-24-26(25(20)31)33-16-34-27(24)36-12-11-35(15-19(36)9-13-39-21)29(37)40-30(2,3)4/h6-8,10,14,16,19H,9,11-13,15H2,1-5H3. The molecule has 10 heteroatoms. The molecule has 1 unspecified atom stereocenters. The number of carbonyl (C=O) groups is 1. The predicted octanol–water partition coefficient (Wildman–Crippen LogP) is 5.51. The normalized spacial score (nSPS) is 17.2. The van der Waals surface area contributed by atoms with Crippen LogP contribution in [0.2, 0.25) is 0 Å². The van der Waals surface area contributed by atoms with Crippen LogP contribution in [-0.4, -0.2) is 70.9 Å². The van der Waals surface area contributed by atoms with Crippen molar-refractivity contribution in [3.05, 3.63) is 48.2 Å². The number of benzene rings is 2. The van der Waals surface area contributed by atoms with Gasteiger partial charge in [-0.05, 0) is 50.8 Å². The number of nitrogens with zero attached hydrogens (tertiary/aromatic N) is 5. The molecule has 6 rings (SSSR count). The molecule has 1 fully saturated rings. The van der Waals surface area contributed by atoms with Gasteiger partial charge in [0.15, 0.2) is 5.82 Å². The zero-order chi connectivity index (χ0) is 28.2. The lowest BCUT2D eigenvalue weighted by molar-refractivity contribution is 0.0207. The highest BCUT2D eigenvalue weighted by Crippen LogP contribution is 2.44. The van der Waals surface area contributed by atoms with Crippen molar-refractivity contribution in [1.82, 2.24) is 19.9 Å². The number of aryl methyl sites for hydroxylation is 1. The van der Waals surface area contributed by atoms with Crippen LogP contribution in [-0.2, 0) is 4.74 Å². The van der Waals surface area contributed by atoms with Crippen LogP contribution in [0.3, 0.4) is 0 Å². The third-order valence-electron chi connectivity index (χ3n) is 7.48. The van der Waals surface area contributed by atoms with Gasteiger partial charge in [0.25, 0.3) is 0 Å². The van der Waals surface area contributed by atoms with Gasteiger partial charge >= 0.3 is 6.09 Å². The molecule has 4 aromatic rings. The van der Waals surface area contributed by atoms with Crippen LogP contribution in [0.25, 0.3) is 32.8 Å². The minimum absolute atomic E-state index is 0.0640. The zero-order valence-electron chi connectivity index (χ0n) is 23.3. The van der Waals surface area contributed by atoms with Crippen LogP contribution in [0.4, 0.5) is 15.0 Å². The van der Waals surface area contributed by atoms with Crippen LogP contribution >= 0.6 is 0 Å². The molecule has 0 aliphatic carbocycles. The first-order chi connectivity index (χ1) is 19.2. The third-order valence-corrected chi connectivity index (χ3v) is 7.48. The molecule has 2 aromatic heterocycles. The van der Waals surface area contributed by atoms with Crippen LogP contribution < -0.4 is 14.4 Å². The molecule has 1 amide bonds. The maximum atomic E-state index is 16.5. The SMILES string of the molecule is COc1nccc2ccc(C)c(-c3cc4c5c(ncnc5c3F)N3CCN(C(=O)OC(C)(C)C)CC3CCO4)c12. The number of amides is 1. The molecule has 1 saturated heterocycles. The Morgan fingerprint density at radius 3 is 2.73 bits per heavy atom. The van der Waals surface area contributed by atoms with Crippen molar-refractivity contribution in [3.8, 4) is 22.8 Å². The number of fused-ring (bicyclic) bond motifs is 3. The molecule has 1 atom stereocenters. The van der Waals surface area contributed by atoms with Crippen LogP contribution in [0.15, 0.2) is 36.8 Å². The summed E-state index contributed by atoms with van der Waals surface area (Å²) in [6.45, 7) is 9.35. The van der Waals surface area contributed by atoms with Gasteiger partial charge in [0.05, 0.1) is 30.5 Å². The number of aromatic nitrogens is 3. The Kier molecular flexibility index (Phi) is 6.35. The Labute approximate surface area is 231 Å². The maximum absolute atomic E-state index is 16.5. The van der Waals surface area contributed by atoms with Gasteiger partial charge in [-0.25, -0.2) is 24.1 Å². The summed E-state index contributed by atoms with van der Waals surface area (Å²) in [6, 6.07) is 7.50. The van der Waals surface area contributed by atoms with E-state index in [4.69, 9.17) is 14.2 Å². The third kappa shape index (κ3) is 4.41. The summed E-state index contributed by atoms with van der Waals surface area (Å²) in [7, 11) is 1.56. The molecule has 0 radical (unpaired) electrons. The van der Waals surface area contributed by atoms with E-state index in [0.717, 1.165) is 16.3 Å². The highest BCUT2D eigenvalue weighted by Gasteiger charge is 2.36. The van der Waals surface area contributed by atoms with E-state index in [0.29, 0.717) is 66.6 Å². The molecule has 208 valence electrons. The Balaban J connectivity index is 1.47. The van der Waals surface area contributed by atoms with Crippen LogP contribution in [0.1, 0.15) is 32.8 Å². The number of halogens is 1. The van der Waals surface area contributed by atoms with Gasteiger partial charge in [0.2, 0.25) is 5.88 Å². The lowest BCUT2D eigenvalue weighted by Crippen LogP contribution is -2.56. The lowest BCUT2D eigenvalue weighted by atomic mass is 9.92. The van der Waals surface area contributed by atoms with E-state index in [9.17, 15) is 4.79 Å². The minimum atomic E-state index is -0.576. The number of ether oxygens (including phenoxy) is 3. The van der Waals surface area contributed by atoms with Crippen molar-refractivity contribution in [2.45, 2.75) is 45.8 Å². The highest BCUT2D eigenvalue weighted by molar-refractivity contribution is 6.05. The number of pyridine rings is 1. The van der Waals surface area contributed by atoms with E-state index in [1.807, 2.05) is 45.9 Å². The minimum Gasteiger partial charge on any atom is -0.493 e. The van der Waals surface area contributed by atoms with Gasteiger partial charge in [0, 0.05) is 43.4 Å². The van der Waals surface area contributed by atoms with Gasteiger partial charge in [-0.1, -0.05) is 12.1 Å². The summed E-state index contributed by atoms with van der Waals surface area (Å²) >= 11 is 0. The Hall–Kier alpha value is -4.21. The van der Waals surface area contributed by atoms with Gasteiger partial charge in [0.1, 0.15) is 29.0 Å². The lowest BCUT2D eigenvalue weighted by Gasteiger charge is -2.43. The summed E-state index contributed by atoms with van der Waals surface area (Å²) in [5.41, 5.74) is 1.55. The second kappa shape index (κ2) is 9.76. The van der Waals surface area contributed by atoms with E-state index in [1.165, 1.54) is 6.33 Å². The smallest absolute Gasteiger partial charge is 0.410 e. The number of hydrogen-bond acceptors (Lipinski definition) is 8. The maximum Gasteiger partial charge on any atom is 0.410 e. The molecular weight excluding hydrogens is 513 g/mol. The second-order valence-electron chi connectivity index (χ2n) is 11.2. The van der Waals surface area contributed by atoms with Crippen molar-refractivity contribution in [2.24, 2.45) is 0 Å². The number of rotatable bonds is 2. The summed E-state index contributed by atoms with van der Waals surface area (Å²) in [4.78, 5) is 30.0. The number of hydrogen-bond donors (Lipinski definition) is 0.